The molecule has 6 nitrogen and oxygen atoms in total. The van der Waals surface area contributed by atoms with E-state index in [9.17, 15) is 4.79 Å². The monoisotopic (exact) mass is 407 g/mol. The molecule has 6 atom stereocenters. The first-order valence-electron chi connectivity index (χ1n) is 11.3. The van der Waals surface area contributed by atoms with Gasteiger partial charge in [0.2, 0.25) is 0 Å². The third-order valence-corrected chi connectivity index (χ3v) is 7.41. The Morgan fingerprint density at radius 2 is 1.97 bits per heavy atom. The highest BCUT2D eigenvalue weighted by Crippen LogP contribution is 2.59. The maximum absolute atomic E-state index is 12.5. The lowest BCUT2D eigenvalue weighted by Gasteiger charge is -2.42. The minimum atomic E-state index is -0.295. The second-order valence-electron chi connectivity index (χ2n) is 9.77. The molecule has 4 aliphatic rings. The molecule has 1 N–H and O–H groups in total. The van der Waals surface area contributed by atoms with Gasteiger partial charge < -0.3 is 24.3 Å². The lowest BCUT2D eigenvalue weighted by atomic mass is 9.68. The Hall–Kier alpha value is -0.950. The summed E-state index contributed by atoms with van der Waals surface area (Å²) in [6.07, 6.45) is 9.31. The second kappa shape index (κ2) is 8.29. The molecule has 2 aliphatic carbocycles. The molecule has 2 saturated carbocycles. The third kappa shape index (κ3) is 4.41. The minimum absolute atomic E-state index is 0.0740. The van der Waals surface area contributed by atoms with Crippen LogP contribution >= 0.6 is 0 Å². The lowest BCUT2D eigenvalue weighted by Crippen LogP contribution is -2.56. The summed E-state index contributed by atoms with van der Waals surface area (Å²) in [5.74, 6) is -0.108. The zero-order chi connectivity index (χ0) is 20.6. The van der Waals surface area contributed by atoms with E-state index in [1.165, 1.54) is 18.4 Å². The molecular weight excluding hydrogens is 370 g/mol. The predicted molar refractivity (Wildman–Crippen MR) is 110 cm³/mol. The van der Waals surface area contributed by atoms with Crippen LogP contribution in [0.25, 0.3) is 0 Å². The highest BCUT2D eigenvalue weighted by Gasteiger charge is 2.72. The number of carbonyl (C=O) groups is 1. The summed E-state index contributed by atoms with van der Waals surface area (Å²) in [5, 5.41) is 3.35. The van der Waals surface area contributed by atoms with Crippen LogP contribution in [0, 0.1) is 5.92 Å². The van der Waals surface area contributed by atoms with Crippen molar-refractivity contribution in [2.24, 2.45) is 5.92 Å². The number of rotatable bonds is 8. The zero-order valence-corrected chi connectivity index (χ0v) is 18.4. The first-order chi connectivity index (χ1) is 13.9. The molecule has 0 amide bonds. The molecule has 6 unspecified atom stereocenters. The standard InChI is InChI=1S/C23H37NO5/c1-15(2)9-10-18-22(3,29-18)21-20(26-4)17(11-12-23(21)14-27-23)28-19(25)13-24-16-7-5-6-8-16/h9,16-18,20-21,24H,5-8,10-14H2,1-4H3. The van der Waals surface area contributed by atoms with E-state index in [2.05, 4.69) is 32.2 Å². The van der Waals surface area contributed by atoms with Crippen LogP contribution in [-0.2, 0) is 23.7 Å². The van der Waals surface area contributed by atoms with Gasteiger partial charge in [-0.15, -0.1) is 0 Å². The van der Waals surface area contributed by atoms with Crippen molar-refractivity contribution < 1.29 is 23.7 Å². The highest BCUT2D eigenvalue weighted by atomic mass is 16.6. The van der Waals surface area contributed by atoms with Gasteiger partial charge in [0.25, 0.3) is 0 Å². The van der Waals surface area contributed by atoms with Crippen molar-refractivity contribution in [2.75, 3.05) is 20.3 Å². The van der Waals surface area contributed by atoms with E-state index < -0.39 is 0 Å². The number of allylic oxidation sites excluding steroid dienone is 1. The van der Waals surface area contributed by atoms with Gasteiger partial charge in [-0.25, -0.2) is 0 Å². The summed E-state index contributed by atoms with van der Waals surface area (Å²) in [5.41, 5.74) is 0.824. The van der Waals surface area contributed by atoms with Gasteiger partial charge in [0, 0.05) is 13.2 Å². The molecule has 2 heterocycles. The number of hydrogen-bond donors (Lipinski definition) is 1. The predicted octanol–water partition coefficient (Wildman–Crippen LogP) is 3.14. The molecule has 0 radical (unpaired) electrons. The third-order valence-electron chi connectivity index (χ3n) is 7.41. The van der Waals surface area contributed by atoms with Gasteiger partial charge in [-0.2, -0.15) is 0 Å². The Bertz CT molecular complexity index is 635. The van der Waals surface area contributed by atoms with Gasteiger partial charge in [-0.05, 0) is 52.9 Å². The van der Waals surface area contributed by atoms with Crippen molar-refractivity contribution in [1.82, 2.24) is 5.32 Å². The van der Waals surface area contributed by atoms with E-state index in [0.717, 1.165) is 38.7 Å². The van der Waals surface area contributed by atoms with E-state index >= 15 is 0 Å². The fourth-order valence-electron chi connectivity index (χ4n) is 5.64. The average molecular weight is 408 g/mol. The Morgan fingerprint density at radius 3 is 2.59 bits per heavy atom. The number of ether oxygens (including phenoxy) is 4. The van der Waals surface area contributed by atoms with Crippen LogP contribution in [0.5, 0.6) is 0 Å². The summed E-state index contributed by atoms with van der Waals surface area (Å²) in [7, 11) is 1.72. The van der Waals surface area contributed by atoms with E-state index in [0.29, 0.717) is 6.04 Å². The number of carbonyl (C=O) groups excluding carboxylic acids is 1. The Kier molecular flexibility index (Phi) is 6.09. The number of epoxide rings is 2. The molecular formula is C23H37NO5. The van der Waals surface area contributed by atoms with Crippen LogP contribution in [0.3, 0.4) is 0 Å². The molecule has 0 aromatic rings. The van der Waals surface area contributed by atoms with Gasteiger partial charge in [0.1, 0.15) is 23.4 Å². The van der Waals surface area contributed by atoms with E-state index in [1.54, 1.807) is 7.11 Å². The molecule has 29 heavy (non-hydrogen) atoms. The van der Waals surface area contributed by atoms with Gasteiger partial charge >= 0.3 is 5.97 Å². The SMILES string of the molecule is COC1C(OC(=O)CNC2CCCC2)CCC2(CO2)C1C1(C)OC1CC=C(C)C. The molecule has 6 heteroatoms. The summed E-state index contributed by atoms with van der Waals surface area (Å²) in [6, 6.07) is 0.456. The van der Waals surface area contributed by atoms with Gasteiger partial charge in [-0.3, -0.25) is 4.79 Å². The molecule has 4 fully saturated rings. The van der Waals surface area contributed by atoms with Crippen molar-refractivity contribution in [3.63, 3.8) is 0 Å². The van der Waals surface area contributed by atoms with Crippen molar-refractivity contribution in [1.29, 1.82) is 0 Å². The van der Waals surface area contributed by atoms with E-state index in [4.69, 9.17) is 18.9 Å². The van der Waals surface area contributed by atoms with Crippen LogP contribution in [-0.4, -0.2) is 61.8 Å². The average Bonchev–Trinajstić information content (AvgIpc) is 3.52. The Labute approximate surface area is 174 Å². The minimum Gasteiger partial charge on any atom is -0.459 e. The highest BCUT2D eigenvalue weighted by molar-refractivity contribution is 5.72. The normalized spacial score (nSPS) is 41.4. The Morgan fingerprint density at radius 1 is 1.24 bits per heavy atom. The number of methoxy groups -OCH3 is 1. The molecule has 1 spiro atoms. The van der Waals surface area contributed by atoms with E-state index in [1.807, 2.05) is 0 Å². The molecule has 2 saturated heterocycles. The smallest absolute Gasteiger partial charge is 0.320 e. The van der Waals surface area contributed by atoms with Crippen LogP contribution in [0.2, 0.25) is 0 Å². The number of hydrogen-bond acceptors (Lipinski definition) is 6. The summed E-state index contributed by atoms with van der Waals surface area (Å²) < 4.78 is 24.0. The quantitative estimate of drug-likeness (QED) is 0.379. The first kappa shape index (κ1) is 21.3. The van der Waals surface area contributed by atoms with Crippen LogP contribution in [0.1, 0.15) is 65.7 Å². The van der Waals surface area contributed by atoms with Crippen LogP contribution < -0.4 is 5.32 Å². The maximum atomic E-state index is 12.5. The molecule has 0 bridgehead atoms. The molecule has 4 rings (SSSR count). The molecule has 164 valence electrons. The molecule has 0 aromatic heterocycles. The van der Waals surface area contributed by atoms with Crippen LogP contribution in [0.4, 0.5) is 0 Å². The van der Waals surface area contributed by atoms with Crippen molar-refractivity contribution in [3.8, 4) is 0 Å². The summed E-state index contributed by atoms with van der Waals surface area (Å²) in [6.45, 7) is 7.41. The molecule has 0 aromatic carbocycles. The number of esters is 1. The van der Waals surface area contributed by atoms with Gasteiger partial charge in [0.05, 0.1) is 25.2 Å². The topological polar surface area (TPSA) is 72.6 Å². The zero-order valence-electron chi connectivity index (χ0n) is 18.4. The second-order valence-corrected chi connectivity index (χ2v) is 9.77. The van der Waals surface area contributed by atoms with Crippen molar-refractivity contribution in [3.05, 3.63) is 11.6 Å². The van der Waals surface area contributed by atoms with Crippen molar-refractivity contribution >= 4 is 5.97 Å². The molecule has 2 aliphatic heterocycles. The first-order valence-corrected chi connectivity index (χ1v) is 11.3. The lowest BCUT2D eigenvalue weighted by molar-refractivity contribution is -0.171. The fourth-order valence-corrected chi connectivity index (χ4v) is 5.64. The van der Waals surface area contributed by atoms with E-state index in [-0.39, 0.29) is 47.9 Å². The maximum Gasteiger partial charge on any atom is 0.320 e. The Balaban J connectivity index is 1.40. The van der Waals surface area contributed by atoms with Gasteiger partial charge in [0.15, 0.2) is 0 Å². The summed E-state index contributed by atoms with van der Waals surface area (Å²) in [4.78, 5) is 12.5. The van der Waals surface area contributed by atoms with Gasteiger partial charge in [-0.1, -0.05) is 24.5 Å². The largest absolute Gasteiger partial charge is 0.459 e. The number of nitrogens with one attached hydrogen (secondary N) is 1. The fraction of sp³-hybridized carbons (Fsp3) is 0.870. The van der Waals surface area contributed by atoms with Crippen molar-refractivity contribution in [2.45, 2.75) is 101 Å². The summed E-state index contributed by atoms with van der Waals surface area (Å²) >= 11 is 0. The van der Waals surface area contributed by atoms with Crippen LogP contribution in [0.15, 0.2) is 11.6 Å².